The lowest BCUT2D eigenvalue weighted by molar-refractivity contribution is 0.0691. The quantitative estimate of drug-likeness (QED) is 0.352. The van der Waals surface area contributed by atoms with Crippen molar-refractivity contribution in [2.24, 2.45) is 5.92 Å². The fraction of sp³-hybridized carbons (Fsp3) is 0.345. The van der Waals surface area contributed by atoms with E-state index in [2.05, 4.69) is 12.1 Å². The molecule has 3 aromatic carbocycles. The first-order valence-corrected chi connectivity index (χ1v) is 14.7. The second-order valence-electron chi connectivity index (χ2n) is 9.55. The number of halogens is 1. The molecule has 202 valence electrons. The monoisotopic (exact) mass is 556 g/mol. The van der Waals surface area contributed by atoms with Crippen LogP contribution in [0.3, 0.4) is 0 Å². The van der Waals surface area contributed by atoms with Crippen molar-refractivity contribution in [2.75, 3.05) is 37.9 Å². The van der Waals surface area contributed by atoms with Crippen LogP contribution in [-0.2, 0) is 23.0 Å². The number of sulfonamides is 1. The summed E-state index contributed by atoms with van der Waals surface area (Å²) in [4.78, 5) is 15.7. The molecule has 1 fully saturated rings. The number of nitrogens with zero attached hydrogens (tertiary/aromatic N) is 2. The number of amides is 1. The average molecular weight is 557 g/mol. The van der Waals surface area contributed by atoms with Gasteiger partial charge in [0.1, 0.15) is 0 Å². The minimum atomic E-state index is -3.77. The average Bonchev–Trinajstić information content (AvgIpc) is 2.92. The number of anilines is 1. The molecule has 1 saturated heterocycles. The van der Waals surface area contributed by atoms with Gasteiger partial charge in [0.15, 0.2) is 11.5 Å². The van der Waals surface area contributed by atoms with E-state index < -0.39 is 10.0 Å². The largest absolute Gasteiger partial charge is 0.493 e. The molecule has 0 aliphatic carbocycles. The van der Waals surface area contributed by atoms with Crippen LogP contribution in [0.25, 0.3) is 0 Å². The zero-order valence-corrected chi connectivity index (χ0v) is 23.5. The Morgan fingerprint density at radius 2 is 1.55 bits per heavy atom. The van der Waals surface area contributed by atoms with Gasteiger partial charge in [-0.3, -0.25) is 9.10 Å². The van der Waals surface area contributed by atoms with Crippen LogP contribution in [0.15, 0.2) is 66.7 Å². The van der Waals surface area contributed by atoms with Crippen LogP contribution in [0.1, 0.15) is 34.3 Å². The van der Waals surface area contributed by atoms with Gasteiger partial charge in [0.2, 0.25) is 10.0 Å². The second-order valence-corrected chi connectivity index (χ2v) is 11.9. The van der Waals surface area contributed by atoms with Crippen molar-refractivity contribution in [1.29, 1.82) is 0 Å². The number of piperidine rings is 1. The molecule has 4 rings (SSSR count). The first kappa shape index (κ1) is 27.8. The molecule has 1 aliphatic rings. The molecule has 3 aromatic rings. The second kappa shape index (κ2) is 12.1. The van der Waals surface area contributed by atoms with Crippen molar-refractivity contribution in [1.82, 2.24) is 4.90 Å². The number of ether oxygens (including phenoxy) is 2. The maximum absolute atomic E-state index is 13.9. The lowest BCUT2D eigenvalue weighted by atomic mass is 9.90. The summed E-state index contributed by atoms with van der Waals surface area (Å²) in [6.45, 7) is 1.23. The third-order valence-electron chi connectivity index (χ3n) is 6.91. The molecule has 0 saturated carbocycles. The van der Waals surface area contributed by atoms with E-state index in [0.717, 1.165) is 31.1 Å². The summed E-state index contributed by atoms with van der Waals surface area (Å²) in [5.41, 5.74) is 2.53. The summed E-state index contributed by atoms with van der Waals surface area (Å²) in [5.74, 6) is 0.955. The van der Waals surface area contributed by atoms with Gasteiger partial charge in [-0.2, -0.15) is 0 Å². The Bertz CT molecular complexity index is 1360. The molecule has 0 bridgehead atoms. The summed E-state index contributed by atoms with van der Waals surface area (Å²) >= 11 is 6.02. The summed E-state index contributed by atoms with van der Waals surface area (Å²) in [6.07, 6.45) is 3.87. The summed E-state index contributed by atoms with van der Waals surface area (Å²) in [6, 6.07) is 20.4. The molecule has 1 amide bonds. The minimum absolute atomic E-state index is 0.0327. The summed E-state index contributed by atoms with van der Waals surface area (Å²) in [7, 11) is -0.802. The number of methoxy groups -OCH3 is 2. The maximum atomic E-state index is 13.9. The van der Waals surface area contributed by atoms with Crippen LogP contribution in [0.2, 0.25) is 5.02 Å². The number of carbonyl (C=O) groups is 1. The number of rotatable bonds is 9. The van der Waals surface area contributed by atoms with Crippen LogP contribution in [0.4, 0.5) is 5.69 Å². The number of hydrogen-bond acceptors (Lipinski definition) is 5. The highest BCUT2D eigenvalue weighted by Gasteiger charge is 2.30. The fourth-order valence-electron chi connectivity index (χ4n) is 4.84. The molecular weight excluding hydrogens is 524 g/mol. The van der Waals surface area contributed by atoms with Crippen LogP contribution in [0.5, 0.6) is 11.5 Å². The molecule has 0 unspecified atom stereocenters. The predicted octanol–water partition coefficient (Wildman–Crippen LogP) is 5.42. The summed E-state index contributed by atoms with van der Waals surface area (Å²) in [5, 5.41) is 0.553. The predicted molar refractivity (Wildman–Crippen MR) is 151 cm³/mol. The Hall–Kier alpha value is -3.23. The standard InChI is InChI=1S/C29H33ClN2O5S/c1-36-27-18-25(29(33)31-15-13-22(14-16-31)17-21-7-5-4-6-8-21)26(19-28(27)37-2)32(38(3,34)35)20-23-9-11-24(30)12-10-23/h4-12,18-19,22H,13-17,20H2,1-3H3. The third kappa shape index (κ3) is 6.60. The number of likely N-dealkylation sites (tertiary alicyclic amines) is 1. The van der Waals surface area contributed by atoms with Gasteiger partial charge in [-0.15, -0.1) is 0 Å². The number of hydrogen-bond donors (Lipinski definition) is 0. The summed E-state index contributed by atoms with van der Waals surface area (Å²) < 4.78 is 38.2. The minimum Gasteiger partial charge on any atom is -0.493 e. The van der Waals surface area contributed by atoms with E-state index in [0.29, 0.717) is 35.5 Å². The third-order valence-corrected chi connectivity index (χ3v) is 8.29. The van der Waals surface area contributed by atoms with E-state index in [1.807, 2.05) is 18.2 Å². The zero-order chi connectivity index (χ0) is 27.3. The van der Waals surface area contributed by atoms with E-state index >= 15 is 0 Å². The Labute approximate surface area is 230 Å². The van der Waals surface area contributed by atoms with Gasteiger partial charge in [-0.05, 0) is 54.5 Å². The van der Waals surface area contributed by atoms with E-state index in [-0.39, 0.29) is 23.7 Å². The Morgan fingerprint density at radius 3 is 2.13 bits per heavy atom. The van der Waals surface area contributed by atoms with E-state index in [9.17, 15) is 13.2 Å². The topological polar surface area (TPSA) is 76.2 Å². The van der Waals surface area contributed by atoms with Crippen molar-refractivity contribution in [3.63, 3.8) is 0 Å². The van der Waals surface area contributed by atoms with Crippen LogP contribution < -0.4 is 13.8 Å². The van der Waals surface area contributed by atoms with Crippen molar-refractivity contribution in [2.45, 2.75) is 25.8 Å². The molecule has 1 aliphatic heterocycles. The molecule has 7 nitrogen and oxygen atoms in total. The first-order chi connectivity index (χ1) is 18.2. The molecule has 0 atom stereocenters. The van der Waals surface area contributed by atoms with Gasteiger partial charge in [-0.25, -0.2) is 8.42 Å². The van der Waals surface area contributed by atoms with Gasteiger partial charge < -0.3 is 14.4 Å². The van der Waals surface area contributed by atoms with Gasteiger partial charge in [0.25, 0.3) is 5.91 Å². The highest BCUT2D eigenvalue weighted by Crippen LogP contribution is 2.38. The zero-order valence-electron chi connectivity index (χ0n) is 21.9. The van der Waals surface area contributed by atoms with E-state index in [4.69, 9.17) is 21.1 Å². The number of benzene rings is 3. The molecule has 0 radical (unpaired) electrons. The van der Waals surface area contributed by atoms with Crippen molar-refractivity contribution < 1.29 is 22.7 Å². The molecule has 0 N–H and O–H groups in total. The molecular formula is C29H33ClN2O5S. The van der Waals surface area contributed by atoms with Gasteiger partial charge >= 0.3 is 0 Å². The first-order valence-electron chi connectivity index (χ1n) is 12.5. The number of carbonyl (C=O) groups excluding carboxylic acids is 1. The molecule has 9 heteroatoms. The maximum Gasteiger partial charge on any atom is 0.256 e. The lowest BCUT2D eigenvalue weighted by Gasteiger charge is -2.33. The fourth-order valence-corrected chi connectivity index (χ4v) is 5.86. The molecule has 0 aromatic heterocycles. The van der Waals surface area contributed by atoms with Gasteiger partial charge in [0.05, 0.1) is 38.3 Å². The SMILES string of the molecule is COc1cc(C(=O)N2CCC(Cc3ccccc3)CC2)c(N(Cc2ccc(Cl)cc2)S(C)(=O)=O)cc1OC. The smallest absolute Gasteiger partial charge is 0.256 e. The van der Waals surface area contributed by atoms with E-state index in [1.165, 1.54) is 24.1 Å². The highest BCUT2D eigenvalue weighted by molar-refractivity contribution is 7.92. The van der Waals surface area contributed by atoms with Crippen molar-refractivity contribution in [3.05, 3.63) is 88.4 Å². The van der Waals surface area contributed by atoms with Crippen molar-refractivity contribution in [3.8, 4) is 11.5 Å². The lowest BCUT2D eigenvalue weighted by Crippen LogP contribution is -2.40. The highest BCUT2D eigenvalue weighted by atomic mass is 35.5. The van der Waals surface area contributed by atoms with Crippen LogP contribution in [0, 0.1) is 5.92 Å². The van der Waals surface area contributed by atoms with Gasteiger partial charge in [0, 0.05) is 24.2 Å². The Kier molecular flexibility index (Phi) is 8.84. The molecule has 0 spiro atoms. The molecule has 38 heavy (non-hydrogen) atoms. The van der Waals surface area contributed by atoms with Gasteiger partial charge in [-0.1, -0.05) is 54.1 Å². The van der Waals surface area contributed by atoms with E-state index in [1.54, 1.807) is 41.3 Å². The van der Waals surface area contributed by atoms with Crippen LogP contribution in [-0.4, -0.2) is 52.8 Å². The Balaban J connectivity index is 1.64. The van der Waals surface area contributed by atoms with Crippen LogP contribution >= 0.6 is 11.6 Å². The normalized spacial score (nSPS) is 14.3. The Morgan fingerprint density at radius 1 is 0.947 bits per heavy atom. The van der Waals surface area contributed by atoms with Crippen molar-refractivity contribution >= 4 is 33.2 Å². The molecule has 1 heterocycles.